The molecule has 0 aliphatic heterocycles. The number of halogens is 3. The van der Waals surface area contributed by atoms with Crippen LogP contribution in [-0.4, -0.2) is 30.8 Å². The number of methoxy groups -OCH3 is 1. The molecule has 0 spiro atoms. The zero-order valence-electron chi connectivity index (χ0n) is 16.1. The maximum absolute atomic E-state index is 12.4. The van der Waals surface area contributed by atoms with E-state index in [-0.39, 0.29) is 24.2 Å². The first-order valence-corrected chi connectivity index (χ1v) is 9.42. The number of carbonyl (C=O) groups excluding carboxylic acids is 1. The highest BCUT2D eigenvalue weighted by atomic mass is 19.4. The predicted octanol–water partition coefficient (Wildman–Crippen LogP) is 4.16. The molecule has 0 fully saturated rings. The van der Waals surface area contributed by atoms with E-state index in [1.165, 1.54) is 23.4 Å². The highest BCUT2D eigenvalue weighted by Gasteiger charge is 2.28. The molecule has 2 aromatic rings. The van der Waals surface area contributed by atoms with Crippen LogP contribution in [0.25, 0.3) is 0 Å². The Labute approximate surface area is 167 Å². The van der Waals surface area contributed by atoms with Crippen molar-refractivity contribution in [1.29, 1.82) is 0 Å². The van der Waals surface area contributed by atoms with E-state index in [0.29, 0.717) is 12.0 Å². The minimum Gasteiger partial charge on any atom is -0.497 e. The molecule has 29 heavy (non-hydrogen) atoms. The number of aryl methyl sites for hydroxylation is 1. The minimum absolute atomic E-state index is 0.103. The topological polar surface area (TPSA) is 60.5 Å². The molecule has 0 bridgehead atoms. The van der Waals surface area contributed by atoms with E-state index in [0.717, 1.165) is 25.0 Å². The lowest BCUT2D eigenvalue weighted by Gasteiger charge is -2.25. The fraction of sp³-hybridized carbons (Fsp3) is 0.429. The second kappa shape index (κ2) is 9.15. The number of aromatic nitrogens is 1. The molecule has 1 aliphatic carbocycles. The summed E-state index contributed by atoms with van der Waals surface area (Å²) in [6.07, 6.45) is 0.230. The number of pyridine rings is 1. The number of benzene rings is 1. The van der Waals surface area contributed by atoms with Crippen LogP contribution in [0.1, 0.15) is 41.9 Å². The molecular weight excluding hydrogens is 385 g/mol. The van der Waals surface area contributed by atoms with Gasteiger partial charge in [-0.2, -0.15) is 13.2 Å². The molecule has 1 aromatic carbocycles. The number of nitrogens with one attached hydrogen (secondary N) is 1. The molecule has 5 nitrogen and oxygen atoms in total. The van der Waals surface area contributed by atoms with Crippen molar-refractivity contribution < 1.29 is 27.4 Å². The Hall–Kier alpha value is -2.77. The van der Waals surface area contributed by atoms with Gasteiger partial charge in [0.05, 0.1) is 7.11 Å². The maximum atomic E-state index is 12.4. The van der Waals surface area contributed by atoms with Crippen LogP contribution in [-0.2, 0) is 17.8 Å². The van der Waals surface area contributed by atoms with E-state index < -0.39 is 12.8 Å². The summed E-state index contributed by atoms with van der Waals surface area (Å²) in [5.41, 5.74) is 3.02. The van der Waals surface area contributed by atoms with Gasteiger partial charge < -0.3 is 14.8 Å². The average Bonchev–Trinajstić information content (AvgIpc) is 2.70. The number of nitrogens with zero attached hydrogens (tertiary/aromatic N) is 1. The van der Waals surface area contributed by atoms with E-state index in [4.69, 9.17) is 4.74 Å². The van der Waals surface area contributed by atoms with Gasteiger partial charge in [-0.05, 0) is 60.1 Å². The molecule has 0 saturated heterocycles. The molecule has 1 heterocycles. The Balaban J connectivity index is 1.55. The smallest absolute Gasteiger partial charge is 0.422 e. The van der Waals surface area contributed by atoms with E-state index in [1.807, 2.05) is 18.2 Å². The van der Waals surface area contributed by atoms with E-state index in [9.17, 15) is 18.0 Å². The van der Waals surface area contributed by atoms with E-state index >= 15 is 0 Å². The molecule has 1 aliphatic rings. The zero-order chi connectivity index (χ0) is 20.9. The lowest BCUT2D eigenvalue weighted by atomic mass is 9.81. The van der Waals surface area contributed by atoms with Crippen molar-refractivity contribution in [2.75, 3.05) is 13.7 Å². The fourth-order valence-corrected chi connectivity index (χ4v) is 3.52. The summed E-state index contributed by atoms with van der Waals surface area (Å²) < 4.78 is 46.7. The number of rotatable bonds is 7. The van der Waals surface area contributed by atoms with Gasteiger partial charge in [0.1, 0.15) is 5.75 Å². The first kappa shape index (κ1) is 21.0. The second-order valence-electron chi connectivity index (χ2n) is 7.04. The Bertz CT molecular complexity index is 855. The van der Waals surface area contributed by atoms with Crippen molar-refractivity contribution in [3.05, 3.63) is 53.2 Å². The third-order valence-electron chi connectivity index (χ3n) is 4.89. The highest BCUT2D eigenvalue weighted by molar-refractivity contribution is 5.77. The lowest BCUT2D eigenvalue weighted by molar-refractivity contribution is -0.154. The summed E-state index contributed by atoms with van der Waals surface area (Å²) in [4.78, 5) is 16.2. The Morgan fingerprint density at radius 3 is 2.86 bits per heavy atom. The standard InChI is InChI=1S/C21H23F3N2O3/c1-28-17-5-6-18-15(10-17)3-2-4-16(18)11-19(27)26-12-14-7-8-25-20(9-14)29-13-21(22,23)24/h5-10,16H,2-4,11-13H2,1H3,(H,26,27). The summed E-state index contributed by atoms with van der Waals surface area (Å²) >= 11 is 0. The lowest BCUT2D eigenvalue weighted by Crippen LogP contribution is -2.26. The number of carbonyl (C=O) groups is 1. The third kappa shape index (κ3) is 6.10. The first-order valence-electron chi connectivity index (χ1n) is 9.42. The van der Waals surface area contributed by atoms with Crippen LogP contribution in [0.5, 0.6) is 11.6 Å². The van der Waals surface area contributed by atoms with E-state index in [1.54, 1.807) is 13.2 Å². The van der Waals surface area contributed by atoms with Crippen LogP contribution in [0.2, 0.25) is 0 Å². The van der Waals surface area contributed by atoms with Crippen LogP contribution in [0.3, 0.4) is 0 Å². The summed E-state index contributed by atoms with van der Waals surface area (Å²) in [6.45, 7) is -1.20. The van der Waals surface area contributed by atoms with Gasteiger partial charge in [-0.1, -0.05) is 6.07 Å². The van der Waals surface area contributed by atoms with Crippen LogP contribution in [0.15, 0.2) is 36.5 Å². The molecule has 1 atom stereocenters. The average molecular weight is 408 g/mol. The van der Waals surface area contributed by atoms with Gasteiger partial charge in [-0.15, -0.1) is 0 Å². The molecule has 1 unspecified atom stereocenters. The van der Waals surface area contributed by atoms with Gasteiger partial charge in [-0.3, -0.25) is 4.79 Å². The number of hydrogen-bond donors (Lipinski definition) is 1. The van der Waals surface area contributed by atoms with Crippen molar-refractivity contribution in [3.8, 4) is 11.6 Å². The first-order chi connectivity index (χ1) is 13.8. The number of hydrogen-bond acceptors (Lipinski definition) is 4. The summed E-state index contributed by atoms with van der Waals surface area (Å²) in [6, 6.07) is 8.99. The van der Waals surface area contributed by atoms with Crippen molar-refractivity contribution in [3.63, 3.8) is 0 Å². The molecule has 1 amide bonds. The Kier molecular flexibility index (Phi) is 6.61. The zero-order valence-corrected chi connectivity index (χ0v) is 16.1. The normalized spacial score (nSPS) is 16.1. The van der Waals surface area contributed by atoms with Crippen molar-refractivity contribution in [2.45, 2.75) is 44.3 Å². The van der Waals surface area contributed by atoms with Gasteiger partial charge in [-0.25, -0.2) is 4.98 Å². The van der Waals surface area contributed by atoms with Crippen molar-refractivity contribution in [2.24, 2.45) is 0 Å². The quantitative estimate of drug-likeness (QED) is 0.748. The molecule has 8 heteroatoms. The number of fused-ring (bicyclic) bond motifs is 1. The number of alkyl halides is 3. The minimum atomic E-state index is -4.42. The molecule has 0 radical (unpaired) electrons. The van der Waals surface area contributed by atoms with Crippen LogP contribution in [0.4, 0.5) is 13.2 Å². The molecule has 156 valence electrons. The Morgan fingerprint density at radius 1 is 1.28 bits per heavy atom. The van der Waals surface area contributed by atoms with Gasteiger partial charge >= 0.3 is 6.18 Å². The number of amides is 1. The SMILES string of the molecule is COc1ccc2c(c1)CCCC2CC(=O)NCc1ccnc(OCC(F)(F)F)c1. The van der Waals surface area contributed by atoms with Crippen LogP contribution in [0, 0.1) is 0 Å². The van der Waals surface area contributed by atoms with E-state index in [2.05, 4.69) is 15.0 Å². The van der Waals surface area contributed by atoms with Gasteiger partial charge in [0, 0.05) is 25.2 Å². The largest absolute Gasteiger partial charge is 0.497 e. The van der Waals surface area contributed by atoms with Gasteiger partial charge in [0.2, 0.25) is 11.8 Å². The number of ether oxygens (including phenoxy) is 2. The highest BCUT2D eigenvalue weighted by Crippen LogP contribution is 2.35. The van der Waals surface area contributed by atoms with Crippen molar-refractivity contribution >= 4 is 5.91 Å². The summed E-state index contributed by atoms with van der Waals surface area (Å²) in [7, 11) is 1.63. The van der Waals surface area contributed by atoms with Gasteiger partial charge in [0.25, 0.3) is 0 Å². The molecule has 0 saturated carbocycles. The maximum Gasteiger partial charge on any atom is 0.422 e. The molecular formula is C21H23F3N2O3. The third-order valence-corrected chi connectivity index (χ3v) is 4.89. The summed E-state index contributed by atoms with van der Waals surface area (Å²) in [5, 5.41) is 2.83. The molecule has 1 N–H and O–H groups in total. The Morgan fingerprint density at radius 2 is 2.10 bits per heavy atom. The van der Waals surface area contributed by atoms with Crippen LogP contribution >= 0.6 is 0 Å². The van der Waals surface area contributed by atoms with Crippen LogP contribution < -0.4 is 14.8 Å². The monoisotopic (exact) mass is 408 g/mol. The van der Waals surface area contributed by atoms with Crippen molar-refractivity contribution in [1.82, 2.24) is 10.3 Å². The fourth-order valence-electron chi connectivity index (χ4n) is 3.52. The van der Waals surface area contributed by atoms with Gasteiger partial charge in [0.15, 0.2) is 6.61 Å². The predicted molar refractivity (Wildman–Crippen MR) is 101 cm³/mol. The molecule has 1 aromatic heterocycles. The second-order valence-corrected chi connectivity index (χ2v) is 7.04. The summed E-state index contributed by atoms with van der Waals surface area (Å²) in [5.74, 6) is 0.736. The molecule has 3 rings (SSSR count).